The molecule has 0 fully saturated rings. The first-order valence-electron chi connectivity index (χ1n) is 7.98. The molecular weight excluding hydrogens is 298 g/mol. The Morgan fingerprint density at radius 1 is 0.958 bits per heavy atom. The van der Waals surface area contributed by atoms with Crippen molar-refractivity contribution in [2.45, 2.75) is 6.42 Å². The van der Waals surface area contributed by atoms with E-state index in [-0.39, 0.29) is 12.5 Å². The topological polar surface area (TPSA) is 29.5 Å². The Balaban J connectivity index is 2.03. The molecule has 0 radical (unpaired) electrons. The highest BCUT2D eigenvalue weighted by atomic mass is 16.5. The number of para-hydroxylation sites is 1. The summed E-state index contributed by atoms with van der Waals surface area (Å²) in [7, 11) is 0. The van der Waals surface area contributed by atoms with Crippen LogP contribution in [0.1, 0.15) is 11.1 Å². The second-order valence-electron chi connectivity index (χ2n) is 5.43. The molecule has 0 aliphatic heterocycles. The first-order chi connectivity index (χ1) is 11.7. The molecule has 1 amide bonds. The molecule has 0 bridgehead atoms. The Kier molecular flexibility index (Phi) is 6.84. The minimum absolute atomic E-state index is 0.00742. The van der Waals surface area contributed by atoms with Crippen LogP contribution in [0.5, 0.6) is 5.75 Å². The van der Waals surface area contributed by atoms with E-state index in [1.807, 2.05) is 42.5 Å². The minimum Gasteiger partial charge on any atom is -0.483 e. The normalized spacial score (nSPS) is 10.0. The molecule has 0 N–H and O–H groups in total. The van der Waals surface area contributed by atoms with Crippen molar-refractivity contribution in [1.82, 2.24) is 4.90 Å². The van der Waals surface area contributed by atoms with Crippen molar-refractivity contribution in [2.75, 3.05) is 19.7 Å². The van der Waals surface area contributed by atoms with Gasteiger partial charge in [0.05, 0.1) is 0 Å². The average Bonchev–Trinajstić information content (AvgIpc) is 2.61. The summed E-state index contributed by atoms with van der Waals surface area (Å²) in [6, 6.07) is 18.0. The predicted molar refractivity (Wildman–Crippen MR) is 98.2 cm³/mol. The number of hydrogen-bond donors (Lipinski definition) is 0. The van der Waals surface area contributed by atoms with Crippen molar-refractivity contribution in [1.29, 1.82) is 0 Å². The summed E-state index contributed by atoms with van der Waals surface area (Å²) < 4.78 is 5.78. The van der Waals surface area contributed by atoms with E-state index in [0.717, 1.165) is 17.7 Å². The number of hydrogen-bond acceptors (Lipinski definition) is 2. The van der Waals surface area contributed by atoms with Gasteiger partial charge in [0, 0.05) is 19.5 Å². The fourth-order valence-electron chi connectivity index (χ4n) is 2.43. The van der Waals surface area contributed by atoms with E-state index < -0.39 is 0 Å². The Bertz CT molecular complexity index is 669. The van der Waals surface area contributed by atoms with Crippen LogP contribution in [-0.2, 0) is 11.2 Å². The highest BCUT2D eigenvalue weighted by Gasteiger charge is 2.12. The second-order valence-corrected chi connectivity index (χ2v) is 5.43. The number of nitrogens with zero attached hydrogens (tertiary/aromatic N) is 1. The van der Waals surface area contributed by atoms with Crippen molar-refractivity contribution in [3.63, 3.8) is 0 Å². The summed E-state index contributed by atoms with van der Waals surface area (Å²) in [6.45, 7) is 8.33. The predicted octanol–water partition coefficient (Wildman–Crippen LogP) is 3.86. The van der Waals surface area contributed by atoms with Gasteiger partial charge < -0.3 is 9.64 Å². The van der Waals surface area contributed by atoms with Gasteiger partial charge in [0.1, 0.15) is 5.75 Å². The van der Waals surface area contributed by atoms with Crippen LogP contribution in [-0.4, -0.2) is 30.5 Å². The summed E-state index contributed by atoms with van der Waals surface area (Å²) in [5.74, 6) is 0.663. The van der Waals surface area contributed by atoms with Crippen molar-refractivity contribution in [2.24, 2.45) is 0 Å². The number of carbonyl (C=O) groups is 1. The van der Waals surface area contributed by atoms with Crippen molar-refractivity contribution in [3.8, 4) is 5.75 Å². The van der Waals surface area contributed by atoms with Crippen molar-refractivity contribution in [3.05, 3.63) is 91.0 Å². The van der Waals surface area contributed by atoms with Gasteiger partial charge in [-0.2, -0.15) is 0 Å². The molecular formula is C21H23NO2. The van der Waals surface area contributed by atoms with Crippen LogP contribution in [0.3, 0.4) is 0 Å². The zero-order chi connectivity index (χ0) is 17.2. The molecule has 0 atom stereocenters. The van der Waals surface area contributed by atoms with E-state index in [1.165, 1.54) is 5.56 Å². The molecule has 2 aromatic rings. The van der Waals surface area contributed by atoms with Crippen molar-refractivity contribution < 1.29 is 9.53 Å². The molecule has 0 saturated carbocycles. The van der Waals surface area contributed by atoms with Crippen LogP contribution in [0.25, 0.3) is 0 Å². The number of carbonyl (C=O) groups excluding carboxylic acids is 1. The second kappa shape index (κ2) is 9.36. The van der Waals surface area contributed by atoms with Crippen LogP contribution in [0.15, 0.2) is 79.9 Å². The van der Waals surface area contributed by atoms with Gasteiger partial charge in [-0.3, -0.25) is 4.79 Å². The smallest absolute Gasteiger partial charge is 0.261 e. The molecule has 24 heavy (non-hydrogen) atoms. The van der Waals surface area contributed by atoms with Gasteiger partial charge >= 0.3 is 0 Å². The molecule has 3 heteroatoms. The van der Waals surface area contributed by atoms with E-state index >= 15 is 0 Å². The SMILES string of the molecule is C=CCN(CC=C)C(=O)COc1ccccc1Cc1ccccc1. The van der Waals surface area contributed by atoms with E-state index in [2.05, 4.69) is 25.3 Å². The summed E-state index contributed by atoms with van der Waals surface area (Å²) >= 11 is 0. The largest absolute Gasteiger partial charge is 0.483 e. The van der Waals surface area contributed by atoms with Gasteiger partial charge in [0.25, 0.3) is 5.91 Å². The Hall–Kier alpha value is -2.81. The molecule has 2 aromatic carbocycles. The maximum atomic E-state index is 12.3. The zero-order valence-corrected chi connectivity index (χ0v) is 13.9. The van der Waals surface area contributed by atoms with Gasteiger partial charge in [-0.15, -0.1) is 13.2 Å². The number of rotatable bonds is 9. The minimum atomic E-state index is -0.0793. The molecule has 0 aliphatic rings. The molecule has 0 spiro atoms. The first-order valence-corrected chi connectivity index (χ1v) is 7.98. The monoisotopic (exact) mass is 321 g/mol. The van der Waals surface area contributed by atoms with Crippen molar-refractivity contribution >= 4 is 5.91 Å². The standard InChI is InChI=1S/C21H23NO2/c1-3-14-22(15-4-2)21(23)17-24-20-13-9-8-12-19(20)16-18-10-6-5-7-11-18/h3-13H,1-2,14-17H2. The number of benzene rings is 2. The fraction of sp³-hybridized carbons (Fsp3) is 0.190. The molecule has 124 valence electrons. The number of ether oxygens (including phenoxy) is 1. The Morgan fingerprint density at radius 2 is 1.58 bits per heavy atom. The van der Waals surface area contributed by atoms with Gasteiger partial charge in [0.2, 0.25) is 0 Å². The van der Waals surface area contributed by atoms with Crippen LogP contribution >= 0.6 is 0 Å². The molecule has 0 unspecified atom stereocenters. The highest BCUT2D eigenvalue weighted by Crippen LogP contribution is 2.21. The Labute approximate surface area is 143 Å². The summed E-state index contributed by atoms with van der Waals surface area (Å²) in [6.07, 6.45) is 4.17. The summed E-state index contributed by atoms with van der Waals surface area (Å²) in [5.41, 5.74) is 2.27. The lowest BCUT2D eigenvalue weighted by atomic mass is 10.0. The molecule has 0 heterocycles. The van der Waals surface area contributed by atoms with E-state index in [1.54, 1.807) is 17.1 Å². The lowest BCUT2D eigenvalue weighted by molar-refractivity contribution is -0.132. The van der Waals surface area contributed by atoms with E-state index in [0.29, 0.717) is 13.1 Å². The van der Waals surface area contributed by atoms with E-state index in [4.69, 9.17) is 4.74 Å². The van der Waals surface area contributed by atoms with Crippen LogP contribution in [0.4, 0.5) is 0 Å². The van der Waals surface area contributed by atoms with Gasteiger partial charge in [-0.25, -0.2) is 0 Å². The molecule has 2 rings (SSSR count). The fourth-order valence-corrected chi connectivity index (χ4v) is 2.43. The third-order valence-electron chi connectivity index (χ3n) is 3.61. The quantitative estimate of drug-likeness (QED) is 0.656. The van der Waals surface area contributed by atoms with Gasteiger partial charge in [-0.1, -0.05) is 60.7 Å². The summed E-state index contributed by atoms with van der Waals surface area (Å²) in [5, 5.41) is 0. The molecule has 0 aliphatic carbocycles. The van der Waals surface area contributed by atoms with Crippen LogP contribution < -0.4 is 4.74 Å². The van der Waals surface area contributed by atoms with Crippen LogP contribution in [0, 0.1) is 0 Å². The lowest BCUT2D eigenvalue weighted by Crippen LogP contribution is -2.35. The molecule has 0 saturated heterocycles. The highest BCUT2D eigenvalue weighted by molar-refractivity contribution is 5.78. The lowest BCUT2D eigenvalue weighted by Gasteiger charge is -2.20. The third-order valence-corrected chi connectivity index (χ3v) is 3.61. The number of amides is 1. The third kappa shape index (κ3) is 5.13. The first kappa shape index (κ1) is 17.5. The maximum absolute atomic E-state index is 12.3. The zero-order valence-electron chi connectivity index (χ0n) is 13.9. The van der Waals surface area contributed by atoms with Gasteiger partial charge in [-0.05, 0) is 17.2 Å². The van der Waals surface area contributed by atoms with Gasteiger partial charge in [0.15, 0.2) is 6.61 Å². The summed E-state index contributed by atoms with van der Waals surface area (Å²) in [4.78, 5) is 13.9. The molecule has 0 aromatic heterocycles. The maximum Gasteiger partial charge on any atom is 0.261 e. The average molecular weight is 321 g/mol. The van der Waals surface area contributed by atoms with E-state index in [9.17, 15) is 4.79 Å². The molecule has 3 nitrogen and oxygen atoms in total. The Morgan fingerprint density at radius 3 is 2.25 bits per heavy atom. The van der Waals surface area contributed by atoms with Crippen LogP contribution in [0.2, 0.25) is 0 Å².